The van der Waals surface area contributed by atoms with E-state index in [2.05, 4.69) is 0 Å². The third kappa shape index (κ3) is 1.76. The molecule has 50 valence electrons. The Morgan fingerprint density at radius 1 is 1.38 bits per heavy atom. The SMILES string of the molecule is CC.CC1CC1(F)F. The van der Waals surface area contributed by atoms with Crippen LogP contribution in [0.2, 0.25) is 0 Å². The molecule has 0 nitrogen and oxygen atoms in total. The lowest BCUT2D eigenvalue weighted by molar-refractivity contribution is 0.102. The summed E-state index contributed by atoms with van der Waals surface area (Å²) in [5, 5.41) is 0. The highest BCUT2D eigenvalue weighted by Crippen LogP contribution is 2.47. The Kier molecular flexibility index (Phi) is 2.38. The molecule has 0 amide bonds. The Morgan fingerprint density at radius 3 is 1.50 bits per heavy atom. The summed E-state index contributed by atoms with van der Waals surface area (Å²) in [7, 11) is 0. The van der Waals surface area contributed by atoms with Gasteiger partial charge in [-0.2, -0.15) is 0 Å². The van der Waals surface area contributed by atoms with Crippen LogP contribution in [-0.4, -0.2) is 5.92 Å². The molecule has 0 N–H and O–H groups in total. The number of rotatable bonds is 0. The molecule has 0 radical (unpaired) electrons. The quantitative estimate of drug-likeness (QED) is 0.463. The largest absolute Gasteiger partial charge is 0.251 e. The highest BCUT2D eigenvalue weighted by Gasteiger charge is 2.53. The number of alkyl halides is 2. The second-order valence-electron chi connectivity index (χ2n) is 1.87. The third-order valence-corrected chi connectivity index (χ3v) is 1.14. The lowest BCUT2D eigenvalue weighted by Gasteiger charge is -1.82. The summed E-state index contributed by atoms with van der Waals surface area (Å²) in [4.78, 5) is 0. The van der Waals surface area contributed by atoms with Crippen LogP contribution in [0.3, 0.4) is 0 Å². The third-order valence-electron chi connectivity index (χ3n) is 1.14. The molecule has 2 heteroatoms. The highest BCUT2D eigenvalue weighted by molar-refractivity contribution is 4.90. The lowest BCUT2D eigenvalue weighted by Crippen LogP contribution is -1.87. The van der Waals surface area contributed by atoms with Gasteiger partial charge in [-0.25, -0.2) is 8.78 Å². The highest BCUT2D eigenvalue weighted by atomic mass is 19.3. The standard InChI is InChI=1S/C4H6F2.C2H6/c1-3-2-4(3,5)6;1-2/h3H,2H2,1H3;1-2H3. The van der Waals surface area contributed by atoms with Crippen molar-refractivity contribution in [3.05, 3.63) is 0 Å². The molecule has 1 aliphatic carbocycles. The van der Waals surface area contributed by atoms with Gasteiger partial charge in [-0.05, 0) is 0 Å². The first-order valence-electron chi connectivity index (χ1n) is 3.01. The lowest BCUT2D eigenvalue weighted by atomic mass is 10.5. The molecule has 0 aromatic rings. The van der Waals surface area contributed by atoms with Crippen molar-refractivity contribution in [1.82, 2.24) is 0 Å². The van der Waals surface area contributed by atoms with Gasteiger partial charge in [-0.1, -0.05) is 20.8 Å². The molecule has 0 bridgehead atoms. The maximum absolute atomic E-state index is 11.5. The van der Waals surface area contributed by atoms with Gasteiger partial charge in [0.15, 0.2) is 0 Å². The predicted octanol–water partition coefficient (Wildman–Crippen LogP) is 2.69. The molecule has 0 aliphatic heterocycles. The molecule has 1 rings (SSSR count). The Hall–Kier alpha value is -0.140. The van der Waals surface area contributed by atoms with E-state index in [4.69, 9.17) is 0 Å². The first-order valence-corrected chi connectivity index (χ1v) is 3.01. The molecule has 1 atom stereocenters. The summed E-state index contributed by atoms with van der Waals surface area (Å²) in [5.41, 5.74) is 0. The van der Waals surface area contributed by atoms with E-state index in [9.17, 15) is 8.78 Å². The van der Waals surface area contributed by atoms with Crippen LogP contribution in [0.4, 0.5) is 8.78 Å². The van der Waals surface area contributed by atoms with E-state index >= 15 is 0 Å². The normalized spacial score (nSPS) is 30.4. The Bertz CT molecular complexity index is 68.9. The van der Waals surface area contributed by atoms with Crippen molar-refractivity contribution in [3.63, 3.8) is 0 Å². The van der Waals surface area contributed by atoms with E-state index in [1.807, 2.05) is 13.8 Å². The first kappa shape index (κ1) is 7.86. The molecule has 0 aromatic carbocycles. The smallest absolute Gasteiger partial charge is 0.207 e. The van der Waals surface area contributed by atoms with E-state index < -0.39 is 5.92 Å². The fraction of sp³-hybridized carbons (Fsp3) is 1.00. The molecule has 1 fully saturated rings. The minimum atomic E-state index is -2.29. The van der Waals surface area contributed by atoms with Gasteiger partial charge in [0.25, 0.3) is 5.92 Å². The Balaban J connectivity index is 0.000000222. The van der Waals surface area contributed by atoms with Crippen molar-refractivity contribution in [1.29, 1.82) is 0 Å². The van der Waals surface area contributed by atoms with Crippen molar-refractivity contribution in [2.45, 2.75) is 33.1 Å². The van der Waals surface area contributed by atoms with Crippen LogP contribution in [0.15, 0.2) is 0 Å². The van der Waals surface area contributed by atoms with Crippen LogP contribution in [0.25, 0.3) is 0 Å². The van der Waals surface area contributed by atoms with Crippen LogP contribution < -0.4 is 0 Å². The van der Waals surface area contributed by atoms with Crippen molar-refractivity contribution < 1.29 is 8.78 Å². The Morgan fingerprint density at radius 2 is 1.50 bits per heavy atom. The summed E-state index contributed by atoms with van der Waals surface area (Å²) >= 11 is 0. The molecule has 1 saturated carbocycles. The van der Waals surface area contributed by atoms with Gasteiger partial charge in [0.05, 0.1) is 0 Å². The molecule has 1 aliphatic rings. The summed E-state index contributed by atoms with van der Waals surface area (Å²) in [5.74, 6) is -2.63. The molecule has 0 spiro atoms. The summed E-state index contributed by atoms with van der Waals surface area (Å²) in [6.45, 7) is 5.56. The zero-order valence-electron chi connectivity index (χ0n) is 5.54. The van der Waals surface area contributed by atoms with Crippen LogP contribution in [0, 0.1) is 5.92 Å². The van der Waals surface area contributed by atoms with Crippen LogP contribution in [0.5, 0.6) is 0 Å². The topological polar surface area (TPSA) is 0 Å². The summed E-state index contributed by atoms with van der Waals surface area (Å²) < 4.78 is 23.1. The van der Waals surface area contributed by atoms with Gasteiger partial charge >= 0.3 is 0 Å². The predicted molar refractivity (Wildman–Crippen MR) is 30.1 cm³/mol. The molecule has 0 heterocycles. The van der Waals surface area contributed by atoms with Crippen LogP contribution in [-0.2, 0) is 0 Å². The average molecular weight is 122 g/mol. The minimum absolute atomic E-state index is 0.104. The summed E-state index contributed by atoms with van der Waals surface area (Å²) in [6, 6.07) is 0. The second-order valence-corrected chi connectivity index (χ2v) is 1.87. The van der Waals surface area contributed by atoms with Crippen molar-refractivity contribution in [2.24, 2.45) is 5.92 Å². The van der Waals surface area contributed by atoms with E-state index in [1.54, 1.807) is 6.92 Å². The number of halogens is 2. The maximum atomic E-state index is 11.5. The van der Waals surface area contributed by atoms with Crippen LogP contribution >= 0.6 is 0 Å². The zero-order valence-corrected chi connectivity index (χ0v) is 5.54. The van der Waals surface area contributed by atoms with Gasteiger partial charge < -0.3 is 0 Å². The second kappa shape index (κ2) is 2.42. The fourth-order valence-corrected chi connectivity index (χ4v) is 0.349. The molecule has 0 aromatic heterocycles. The molecule has 0 saturated heterocycles. The van der Waals surface area contributed by atoms with E-state index in [1.165, 1.54) is 0 Å². The van der Waals surface area contributed by atoms with E-state index in [0.29, 0.717) is 0 Å². The summed E-state index contributed by atoms with van der Waals surface area (Å²) in [6.07, 6.45) is 0.104. The van der Waals surface area contributed by atoms with Gasteiger partial charge in [0, 0.05) is 12.3 Å². The molecular formula is C6H12F2. The molecule has 1 unspecified atom stereocenters. The number of hydrogen-bond acceptors (Lipinski definition) is 0. The van der Waals surface area contributed by atoms with Gasteiger partial charge in [-0.15, -0.1) is 0 Å². The van der Waals surface area contributed by atoms with Crippen molar-refractivity contribution in [2.75, 3.05) is 0 Å². The fourth-order valence-electron chi connectivity index (χ4n) is 0.349. The number of hydrogen-bond donors (Lipinski definition) is 0. The van der Waals surface area contributed by atoms with Crippen molar-refractivity contribution >= 4 is 0 Å². The van der Waals surface area contributed by atoms with Gasteiger partial charge in [-0.3, -0.25) is 0 Å². The zero-order chi connectivity index (χ0) is 6.78. The maximum Gasteiger partial charge on any atom is 0.251 e. The van der Waals surface area contributed by atoms with Gasteiger partial charge in [0.1, 0.15) is 0 Å². The van der Waals surface area contributed by atoms with Gasteiger partial charge in [0.2, 0.25) is 0 Å². The molecule has 8 heavy (non-hydrogen) atoms. The molecular weight excluding hydrogens is 110 g/mol. The Labute approximate surface area is 48.9 Å². The van der Waals surface area contributed by atoms with E-state index in [-0.39, 0.29) is 12.3 Å². The van der Waals surface area contributed by atoms with Crippen LogP contribution in [0.1, 0.15) is 27.2 Å². The monoisotopic (exact) mass is 122 g/mol. The average Bonchev–Trinajstić information content (AvgIpc) is 2.19. The first-order chi connectivity index (χ1) is 3.63. The van der Waals surface area contributed by atoms with Crippen molar-refractivity contribution in [3.8, 4) is 0 Å². The van der Waals surface area contributed by atoms with E-state index in [0.717, 1.165) is 0 Å². The minimum Gasteiger partial charge on any atom is -0.207 e.